The van der Waals surface area contributed by atoms with Gasteiger partial charge < -0.3 is 9.84 Å². The van der Waals surface area contributed by atoms with Crippen LogP contribution in [0.15, 0.2) is 35.0 Å². The van der Waals surface area contributed by atoms with Crippen LogP contribution >= 0.6 is 0 Å². The van der Waals surface area contributed by atoms with Crippen molar-refractivity contribution < 1.29 is 14.6 Å². The minimum absolute atomic E-state index is 0.101. The van der Waals surface area contributed by atoms with Crippen LogP contribution in [0.5, 0.6) is 0 Å². The maximum atomic E-state index is 12.1. The summed E-state index contributed by atoms with van der Waals surface area (Å²) in [5, 5.41) is 10.3. The van der Waals surface area contributed by atoms with Gasteiger partial charge in [-0.15, -0.1) is 0 Å². The average Bonchev–Trinajstić information content (AvgIpc) is 2.54. The van der Waals surface area contributed by atoms with E-state index >= 15 is 0 Å². The number of ether oxygens (including phenoxy) is 1. The first-order valence-electron chi connectivity index (χ1n) is 6.49. The average molecular weight is 270 g/mol. The summed E-state index contributed by atoms with van der Waals surface area (Å²) in [5.41, 5.74) is 7.66. The third kappa shape index (κ3) is 2.40. The van der Waals surface area contributed by atoms with Gasteiger partial charge in [-0.25, -0.2) is 4.79 Å². The van der Waals surface area contributed by atoms with Gasteiger partial charge in [-0.2, -0.15) is 0 Å². The second-order valence-corrected chi connectivity index (χ2v) is 5.34. The fourth-order valence-corrected chi connectivity index (χ4v) is 2.51. The van der Waals surface area contributed by atoms with Crippen molar-refractivity contribution in [2.75, 3.05) is 0 Å². The molecule has 1 aromatic rings. The Kier molecular flexibility index (Phi) is 3.56. The van der Waals surface area contributed by atoms with Crippen LogP contribution in [0, 0.1) is 20.8 Å². The smallest absolute Gasteiger partial charge is 0.348 e. The number of carbonyl (C=O) groups excluding carboxylic acids is 1. The molecule has 1 aliphatic rings. The van der Waals surface area contributed by atoms with Crippen LogP contribution in [0.1, 0.15) is 36.1 Å². The van der Waals surface area contributed by atoms with Gasteiger partial charge in [0.1, 0.15) is 5.57 Å². The first-order chi connectivity index (χ1) is 9.31. The largest absolute Gasteiger partial charge is 0.503 e. The number of aliphatic hydroxyl groups is 1. The lowest BCUT2D eigenvalue weighted by Crippen LogP contribution is -2.03. The monoisotopic (exact) mass is 270 g/mol. The van der Waals surface area contributed by atoms with E-state index in [1.165, 1.54) is 0 Å². The fourth-order valence-electron chi connectivity index (χ4n) is 2.51. The number of hydrogen-bond acceptors (Lipinski definition) is 3. The molecule has 3 heteroatoms. The summed E-state index contributed by atoms with van der Waals surface area (Å²) < 4.78 is 5.11. The molecule has 2 rings (SSSR count). The molecule has 3 nitrogen and oxygen atoms in total. The highest BCUT2D eigenvalue weighted by Crippen LogP contribution is 2.35. The highest BCUT2D eigenvalue weighted by molar-refractivity contribution is 6.21. The zero-order valence-corrected chi connectivity index (χ0v) is 12.4. The predicted molar refractivity (Wildman–Crippen MR) is 78.2 cm³/mol. The van der Waals surface area contributed by atoms with Crippen molar-refractivity contribution in [1.29, 1.82) is 0 Å². The molecule has 0 unspecified atom stereocenters. The third-order valence-electron chi connectivity index (χ3n) is 3.14. The van der Waals surface area contributed by atoms with Crippen LogP contribution in [0.3, 0.4) is 0 Å². The molecule has 0 amide bonds. The summed E-state index contributed by atoms with van der Waals surface area (Å²) in [4.78, 5) is 12.1. The van der Waals surface area contributed by atoms with Crippen LogP contribution in [-0.4, -0.2) is 11.1 Å². The normalized spacial score (nSPS) is 14.4. The topological polar surface area (TPSA) is 46.5 Å². The number of aliphatic hydroxyl groups excluding tert-OH is 1. The summed E-state index contributed by atoms with van der Waals surface area (Å²) in [5.74, 6) is -0.558. The Bertz CT molecular complexity index is 672. The number of aryl methyl sites for hydroxylation is 3. The van der Waals surface area contributed by atoms with Crippen LogP contribution in [0.4, 0.5) is 0 Å². The van der Waals surface area contributed by atoms with Gasteiger partial charge in [0, 0.05) is 0 Å². The van der Waals surface area contributed by atoms with Gasteiger partial charge in [-0.3, -0.25) is 0 Å². The van der Waals surface area contributed by atoms with E-state index in [0.717, 1.165) is 27.8 Å². The molecular formula is C17H18O3. The summed E-state index contributed by atoms with van der Waals surface area (Å²) >= 11 is 0. The predicted octanol–water partition coefficient (Wildman–Crippen LogP) is 3.89. The van der Waals surface area contributed by atoms with Gasteiger partial charge in [0.05, 0.1) is 0 Å². The van der Waals surface area contributed by atoms with Crippen molar-refractivity contribution in [1.82, 2.24) is 0 Å². The molecule has 104 valence electrons. The Balaban J connectivity index is 2.73. The SMILES string of the molecule is CC(C)=C=C1OC(=O)C(c2c(C)cc(C)cc2C)=C1O. The van der Waals surface area contributed by atoms with E-state index in [4.69, 9.17) is 4.74 Å². The van der Waals surface area contributed by atoms with E-state index in [1.807, 2.05) is 46.8 Å². The number of esters is 1. The standard InChI is InChI=1S/C17H18O3/c1-9(2)6-13-16(18)15(17(19)20-13)14-11(4)7-10(3)8-12(14)5/h7-8,18H,1-5H3. The molecule has 1 aromatic carbocycles. The molecule has 1 N–H and O–H groups in total. The lowest BCUT2D eigenvalue weighted by Gasteiger charge is -2.10. The first kappa shape index (κ1) is 14.2. The maximum absolute atomic E-state index is 12.1. The Labute approximate surface area is 118 Å². The molecule has 0 saturated carbocycles. The number of rotatable bonds is 1. The summed E-state index contributed by atoms with van der Waals surface area (Å²) in [6, 6.07) is 3.97. The number of hydrogen-bond donors (Lipinski definition) is 1. The van der Waals surface area contributed by atoms with Gasteiger partial charge in [0.15, 0.2) is 5.76 Å². The van der Waals surface area contributed by atoms with Crippen molar-refractivity contribution in [3.8, 4) is 0 Å². The quantitative estimate of drug-likeness (QED) is 0.622. The van der Waals surface area contributed by atoms with Crippen molar-refractivity contribution >= 4 is 11.5 Å². The number of carbonyl (C=O) groups is 1. The second kappa shape index (κ2) is 5.03. The number of benzene rings is 1. The molecule has 0 spiro atoms. The van der Waals surface area contributed by atoms with E-state index in [2.05, 4.69) is 5.73 Å². The van der Waals surface area contributed by atoms with Crippen molar-refractivity contribution in [3.05, 3.63) is 57.2 Å². The van der Waals surface area contributed by atoms with E-state index in [0.29, 0.717) is 0 Å². The Morgan fingerprint density at radius 3 is 2.20 bits per heavy atom. The van der Waals surface area contributed by atoms with Crippen molar-refractivity contribution in [3.63, 3.8) is 0 Å². The van der Waals surface area contributed by atoms with Crippen LogP contribution in [-0.2, 0) is 9.53 Å². The minimum Gasteiger partial charge on any atom is -0.503 e. The molecule has 0 aliphatic carbocycles. The summed E-state index contributed by atoms with van der Waals surface area (Å²) in [6.07, 6.45) is 0. The molecule has 0 atom stereocenters. The van der Waals surface area contributed by atoms with Gasteiger partial charge in [0.25, 0.3) is 0 Å². The zero-order valence-electron chi connectivity index (χ0n) is 12.4. The number of cyclic esters (lactones) is 1. The molecule has 0 fully saturated rings. The zero-order chi connectivity index (χ0) is 15.0. The summed E-state index contributed by atoms with van der Waals surface area (Å²) in [7, 11) is 0. The van der Waals surface area contributed by atoms with Crippen molar-refractivity contribution in [2.24, 2.45) is 0 Å². The fraction of sp³-hybridized carbons (Fsp3) is 0.294. The maximum Gasteiger partial charge on any atom is 0.348 e. The first-order valence-corrected chi connectivity index (χ1v) is 6.49. The molecule has 0 radical (unpaired) electrons. The van der Waals surface area contributed by atoms with E-state index in [9.17, 15) is 9.90 Å². The molecule has 0 saturated heterocycles. The van der Waals surface area contributed by atoms with Crippen LogP contribution in [0.2, 0.25) is 0 Å². The van der Waals surface area contributed by atoms with Crippen LogP contribution < -0.4 is 0 Å². The molecule has 1 aliphatic heterocycles. The lowest BCUT2D eigenvalue weighted by atomic mass is 9.93. The molecular weight excluding hydrogens is 252 g/mol. The van der Waals surface area contributed by atoms with Crippen LogP contribution in [0.25, 0.3) is 5.57 Å². The van der Waals surface area contributed by atoms with E-state index in [-0.39, 0.29) is 17.1 Å². The van der Waals surface area contributed by atoms with Gasteiger partial charge in [-0.05, 0) is 56.9 Å². The highest BCUT2D eigenvalue weighted by Gasteiger charge is 2.32. The lowest BCUT2D eigenvalue weighted by molar-refractivity contribution is -0.131. The second-order valence-electron chi connectivity index (χ2n) is 5.34. The van der Waals surface area contributed by atoms with E-state index < -0.39 is 5.97 Å². The van der Waals surface area contributed by atoms with Crippen molar-refractivity contribution in [2.45, 2.75) is 34.6 Å². The molecule has 1 heterocycles. The molecule has 0 bridgehead atoms. The third-order valence-corrected chi connectivity index (χ3v) is 3.14. The summed E-state index contributed by atoms with van der Waals surface area (Å²) in [6.45, 7) is 9.50. The Morgan fingerprint density at radius 2 is 1.70 bits per heavy atom. The molecule has 0 aromatic heterocycles. The van der Waals surface area contributed by atoms with E-state index in [1.54, 1.807) is 0 Å². The highest BCUT2D eigenvalue weighted by atomic mass is 16.6. The minimum atomic E-state index is -0.527. The Morgan fingerprint density at radius 1 is 1.15 bits per heavy atom. The van der Waals surface area contributed by atoms with Gasteiger partial charge in [-0.1, -0.05) is 23.4 Å². The van der Waals surface area contributed by atoms with Gasteiger partial charge in [0.2, 0.25) is 5.76 Å². The van der Waals surface area contributed by atoms with Gasteiger partial charge >= 0.3 is 5.97 Å². The molecule has 20 heavy (non-hydrogen) atoms. The Hall–Kier alpha value is -2.25.